The van der Waals surface area contributed by atoms with Crippen LogP contribution in [0.1, 0.15) is 40.4 Å². The van der Waals surface area contributed by atoms with Crippen molar-refractivity contribution in [3.8, 4) is 5.75 Å². The minimum absolute atomic E-state index is 0.0961. The van der Waals surface area contributed by atoms with Crippen molar-refractivity contribution in [3.05, 3.63) is 53.0 Å². The SMILES string of the molecule is Cc1ccc([C@@H](C)NC(=O)c2ccc3c(c2)CCO3)o1. The van der Waals surface area contributed by atoms with Gasteiger partial charge in [-0.15, -0.1) is 0 Å². The van der Waals surface area contributed by atoms with Gasteiger partial charge in [0.15, 0.2) is 0 Å². The fraction of sp³-hybridized carbons (Fsp3) is 0.312. The van der Waals surface area contributed by atoms with Crippen LogP contribution in [0, 0.1) is 6.92 Å². The van der Waals surface area contributed by atoms with Gasteiger partial charge in [-0.2, -0.15) is 0 Å². The first-order valence-corrected chi connectivity index (χ1v) is 6.76. The Morgan fingerprint density at radius 3 is 2.90 bits per heavy atom. The van der Waals surface area contributed by atoms with Crippen LogP contribution in [0.2, 0.25) is 0 Å². The Morgan fingerprint density at radius 1 is 1.30 bits per heavy atom. The molecule has 0 bridgehead atoms. The van der Waals surface area contributed by atoms with Crippen molar-refractivity contribution >= 4 is 5.91 Å². The van der Waals surface area contributed by atoms with Gasteiger partial charge in [-0.05, 0) is 49.7 Å². The second-order valence-corrected chi connectivity index (χ2v) is 5.06. The van der Waals surface area contributed by atoms with Gasteiger partial charge in [-0.25, -0.2) is 0 Å². The number of carbonyl (C=O) groups is 1. The second kappa shape index (κ2) is 5.04. The van der Waals surface area contributed by atoms with Crippen LogP contribution >= 0.6 is 0 Å². The van der Waals surface area contributed by atoms with Crippen molar-refractivity contribution in [2.75, 3.05) is 6.61 Å². The van der Waals surface area contributed by atoms with Crippen LogP contribution in [0.5, 0.6) is 5.75 Å². The molecular formula is C16H17NO3. The lowest BCUT2D eigenvalue weighted by Crippen LogP contribution is -2.26. The summed E-state index contributed by atoms with van der Waals surface area (Å²) in [5, 5.41) is 2.94. The molecule has 0 spiro atoms. The average molecular weight is 271 g/mol. The first kappa shape index (κ1) is 12.8. The highest BCUT2D eigenvalue weighted by Crippen LogP contribution is 2.26. The summed E-state index contributed by atoms with van der Waals surface area (Å²) in [7, 11) is 0. The Labute approximate surface area is 117 Å². The van der Waals surface area contributed by atoms with E-state index in [0.29, 0.717) is 12.2 Å². The molecule has 2 aromatic rings. The van der Waals surface area contributed by atoms with Crippen LogP contribution < -0.4 is 10.1 Å². The van der Waals surface area contributed by atoms with Crippen molar-refractivity contribution in [1.29, 1.82) is 0 Å². The van der Waals surface area contributed by atoms with Crippen LogP contribution in [0.15, 0.2) is 34.7 Å². The molecule has 0 fully saturated rings. The lowest BCUT2D eigenvalue weighted by Gasteiger charge is -2.12. The van der Waals surface area contributed by atoms with Crippen LogP contribution in [0.4, 0.5) is 0 Å². The Kier molecular flexibility index (Phi) is 3.22. The summed E-state index contributed by atoms with van der Waals surface area (Å²) in [6.45, 7) is 4.49. The monoisotopic (exact) mass is 271 g/mol. The van der Waals surface area contributed by atoms with Crippen molar-refractivity contribution < 1.29 is 13.9 Å². The van der Waals surface area contributed by atoms with Gasteiger partial charge in [0.1, 0.15) is 17.3 Å². The number of benzene rings is 1. The summed E-state index contributed by atoms with van der Waals surface area (Å²) < 4.78 is 11.0. The zero-order chi connectivity index (χ0) is 14.1. The van der Waals surface area contributed by atoms with Gasteiger partial charge in [0.05, 0.1) is 12.6 Å². The van der Waals surface area contributed by atoms with Crippen molar-refractivity contribution in [3.63, 3.8) is 0 Å². The van der Waals surface area contributed by atoms with Crippen LogP contribution in [0.25, 0.3) is 0 Å². The van der Waals surface area contributed by atoms with E-state index in [1.54, 1.807) is 6.07 Å². The smallest absolute Gasteiger partial charge is 0.251 e. The van der Waals surface area contributed by atoms with Crippen molar-refractivity contribution in [2.45, 2.75) is 26.3 Å². The predicted molar refractivity (Wildman–Crippen MR) is 75.0 cm³/mol. The summed E-state index contributed by atoms with van der Waals surface area (Å²) >= 11 is 0. The normalized spacial score (nSPS) is 14.5. The van der Waals surface area contributed by atoms with Gasteiger partial charge in [-0.1, -0.05) is 0 Å². The number of nitrogens with one attached hydrogen (secondary N) is 1. The predicted octanol–water partition coefficient (Wildman–Crippen LogP) is 3.01. The molecule has 0 unspecified atom stereocenters. The van der Waals surface area contributed by atoms with E-state index in [-0.39, 0.29) is 11.9 Å². The molecular weight excluding hydrogens is 254 g/mol. The summed E-state index contributed by atoms with van der Waals surface area (Å²) in [6, 6.07) is 9.18. The quantitative estimate of drug-likeness (QED) is 0.933. The highest BCUT2D eigenvalue weighted by atomic mass is 16.5. The van der Waals surface area contributed by atoms with Crippen molar-refractivity contribution in [1.82, 2.24) is 5.32 Å². The zero-order valence-corrected chi connectivity index (χ0v) is 11.6. The summed E-state index contributed by atoms with van der Waals surface area (Å²) in [4.78, 5) is 12.2. The van der Waals surface area contributed by atoms with E-state index in [1.165, 1.54) is 0 Å². The lowest BCUT2D eigenvalue weighted by molar-refractivity contribution is 0.0935. The Hall–Kier alpha value is -2.23. The van der Waals surface area contributed by atoms with Crippen LogP contribution in [0.3, 0.4) is 0 Å². The number of fused-ring (bicyclic) bond motifs is 1. The molecule has 0 saturated carbocycles. The molecule has 0 aliphatic carbocycles. The van der Waals surface area contributed by atoms with Crippen molar-refractivity contribution in [2.24, 2.45) is 0 Å². The maximum Gasteiger partial charge on any atom is 0.251 e. The molecule has 0 radical (unpaired) electrons. The van der Waals surface area contributed by atoms with Crippen LogP contribution in [-0.4, -0.2) is 12.5 Å². The number of ether oxygens (including phenoxy) is 1. The van der Waals surface area contributed by atoms with E-state index in [4.69, 9.17) is 9.15 Å². The van der Waals surface area contributed by atoms with E-state index >= 15 is 0 Å². The maximum absolute atomic E-state index is 12.2. The highest BCUT2D eigenvalue weighted by Gasteiger charge is 2.17. The second-order valence-electron chi connectivity index (χ2n) is 5.06. The molecule has 1 amide bonds. The minimum Gasteiger partial charge on any atom is -0.493 e. The standard InChI is InChI=1S/C16H17NO3/c1-10-3-5-14(20-10)11(2)17-16(18)13-4-6-15-12(9-13)7-8-19-15/h3-6,9,11H,7-8H2,1-2H3,(H,17,18)/t11-/m1/s1. The molecule has 104 valence electrons. The minimum atomic E-state index is -0.152. The molecule has 1 aliphatic rings. The third-order valence-electron chi connectivity index (χ3n) is 3.49. The van der Waals surface area contributed by atoms with Gasteiger partial charge >= 0.3 is 0 Å². The van der Waals surface area contributed by atoms with E-state index in [2.05, 4.69) is 5.32 Å². The molecule has 1 aliphatic heterocycles. The molecule has 2 heterocycles. The van der Waals surface area contributed by atoms with E-state index in [9.17, 15) is 4.79 Å². The molecule has 1 aromatic heterocycles. The first-order valence-electron chi connectivity index (χ1n) is 6.76. The van der Waals surface area contributed by atoms with Crippen LogP contribution in [-0.2, 0) is 6.42 Å². The third-order valence-corrected chi connectivity index (χ3v) is 3.49. The number of rotatable bonds is 3. The zero-order valence-electron chi connectivity index (χ0n) is 11.6. The number of hydrogen-bond acceptors (Lipinski definition) is 3. The van der Waals surface area contributed by atoms with Gasteiger partial charge in [0.2, 0.25) is 0 Å². The fourth-order valence-corrected chi connectivity index (χ4v) is 2.37. The Bertz CT molecular complexity index is 645. The summed E-state index contributed by atoms with van der Waals surface area (Å²) in [6.07, 6.45) is 0.864. The summed E-state index contributed by atoms with van der Waals surface area (Å²) in [5.74, 6) is 2.40. The fourth-order valence-electron chi connectivity index (χ4n) is 2.37. The first-order chi connectivity index (χ1) is 9.63. The Balaban J connectivity index is 1.73. The van der Waals surface area contributed by atoms with Gasteiger partial charge in [0.25, 0.3) is 5.91 Å². The average Bonchev–Trinajstić information content (AvgIpc) is 3.05. The number of hydrogen-bond donors (Lipinski definition) is 1. The van der Waals surface area contributed by atoms with Gasteiger partial charge < -0.3 is 14.5 Å². The molecule has 20 heavy (non-hydrogen) atoms. The highest BCUT2D eigenvalue weighted by molar-refractivity contribution is 5.94. The largest absolute Gasteiger partial charge is 0.493 e. The van der Waals surface area contributed by atoms with Gasteiger partial charge in [-0.3, -0.25) is 4.79 Å². The molecule has 1 aromatic carbocycles. The third kappa shape index (κ3) is 2.41. The number of furan rings is 1. The number of amides is 1. The van der Waals surface area contributed by atoms with E-state index in [0.717, 1.165) is 29.3 Å². The topological polar surface area (TPSA) is 51.5 Å². The molecule has 3 rings (SSSR count). The molecule has 1 atom stereocenters. The summed E-state index contributed by atoms with van der Waals surface area (Å²) in [5.41, 5.74) is 1.75. The number of carbonyl (C=O) groups excluding carboxylic acids is 1. The van der Waals surface area contributed by atoms with E-state index < -0.39 is 0 Å². The van der Waals surface area contributed by atoms with Gasteiger partial charge in [0, 0.05) is 12.0 Å². The molecule has 1 N–H and O–H groups in total. The lowest BCUT2D eigenvalue weighted by atomic mass is 10.1. The molecule has 4 nitrogen and oxygen atoms in total. The maximum atomic E-state index is 12.2. The van der Waals surface area contributed by atoms with E-state index in [1.807, 2.05) is 38.1 Å². The Morgan fingerprint density at radius 2 is 2.15 bits per heavy atom. The molecule has 0 saturated heterocycles. The molecule has 4 heteroatoms. The number of aryl methyl sites for hydroxylation is 1.